The van der Waals surface area contributed by atoms with Crippen LogP contribution in [0.25, 0.3) is 0 Å². The summed E-state index contributed by atoms with van der Waals surface area (Å²) in [6.45, 7) is 6.50. The van der Waals surface area contributed by atoms with Gasteiger partial charge in [0.1, 0.15) is 13.2 Å². The minimum Gasteiger partial charge on any atom is -0.462 e. The maximum Gasteiger partial charge on any atom is 0.306 e. The Balaban J connectivity index is 4.12. The van der Waals surface area contributed by atoms with Crippen LogP contribution in [0.1, 0.15) is 310 Å². The van der Waals surface area contributed by atoms with E-state index in [1.165, 1.54) is 173 Å². The molecule has 0 saturated heterocycles. The monoisotopic (exact) mass is 1000 g/mol. The lowest BCUT2D eigenvalue weighted by molar-refractivity contribution is -0.167. The Labute approximate surface area is 446 Å². The van der Waals surface area contributed by atoms with E-state index in [9.17, 15) is 14.4 Å². The van der Waals surface area contributed by atoms with Crippen molar-refractivity contribution < 1.29 is 28.6 Å². The van der Waals surface area contributed by atoms with Crippen molar-refractivity contribution in [2.24, 2.45) is 0 Å². The van der Waals surface area contributed by atoms with Gasteiger partial charge in [0.2, 0.25) is 0 Å². The third-order valence-corrected chi connectivity index (χ3v) is 13.4. The van der Waals surface area contributed by atoms with Gasteiger partial charge in [-0.05, 0) is 89.9 Å². The van der Waals surface area contributed by atoms with Gasteiger partial charge in [0, 0.05) is 19.3 Å². The standard InChI is InChI=1S/C66H116O6/c1-4-7-10-13-16-19-21-23-25-27-28-29-30-31-32-33-34-35-36-37-38-40-41-43-45-47-50-53-56-59-65(68)71-62-63(61-70-64(67)58-55-52-49-18-15-12-9-6-3)72-66(69)60-57-54-51-48-46-44-42-39-26-24-22-20-17-14-11-8-5-2/h8,11,17,20-21,23-24,26-28,30-31,63H,4-7,9-10,12-16,18-19,22,25,29,32-62H2,1-3H3/b11-8-,20-17-,23-21-,26-24-,28-27-,31-30-. The summed E-state index contributed by atoms with van der Waals surface area (Å²) < 4.78 is 16.8. The molecule has 0 N–H and O–H groups in total. The van der Waals surface area contributed by atoms with Crippen LogP contribution in [-0.2, 0) is 28.6 Å². The van der Waals surface area contributed by atoms with Crippen LogP contribution in [-0.4, -0.2) is 37.2 Å². The Hall–Kier alpha value is -3.15. The number of ether oxygens (including phenoxy) is 3. The van der Waals surface area contributed by atoms with E-state index in [2.05, 4.69) is 93.7 Å². The average Bonchev–Trinajstić information content (AvgIpc) is 3.38. The Morgan fingerprint density at radius 3 is 0.847 bits per heavy atom. The molecule has 0 aromatic heterocycles. The second-order valence-corrected chi connectivity index (χ2v) is 20.6. The van der Waals surface area contributed by atoms with E-state index in [0.29, 0.717) is 19.3 Å². The predicted molar refractivity (Wildman–Crippen MR) is 311 cm³/mol. The molecule has 0 aliphatic carbocycles. The second kappa shape index (κ2) is 60.4. The van der Waals surface area contributed by atoms with Crippen LogP contribution >= 0.6 is 0 Å². The SMILES string of the molecule is CC/C=C\C/C=C\C/C=C\CCCCCCCCCC(=O)OC(COC(=O)CCCCCCCCCC)COC(=O)CCCCCCCCCCCCCCCC/C=C\C/C=C\C/C=C\CCCCCCC. The summed E-state index contributed by atoms with van der Waals surface area (Å²) in [5.74, 6) is -0.882. The van der Waals surface area contributed by atoms with Gasteiger partial charge in [-0.2, -0.15) is 0 Å². The van der Waals surface area contributed by atoms with Crippen molar-refractivity contribution in [1.82, 2.24) is 0 Å². The third kappa shape index (κ3) is 57.7. The van der Waals surface area contributed by atoms with E-state index in [-0.39, 0.29) is 31.1 Å². The Morgan fingerprint density at radius 1 is 0.292 bits per heavy atom. The normalized spacial score (nSPS) is 12.5. The number of carbonyl (C=O) groups is 3. The van der Waals surface area contributed by atoms with E-state index in [4.69, 9.17) is 14.2 Å². The number of unbranched alkanes of at least 4 members (excludes halogenated alkanes) is 33. The highest BCUT2D eigenvalue weighted by Crippen LogP contribution is 2.16. The smallest absolute Gasteiger partial charge is 0.306 e. The predicted octanol–water partition coefficient (Wildman–Crippen LogP) is 20.9. The largest absolute Gasteiger partial charge is 0.462 e. The maximum atomic E-state index is 12.8. The van der Waals surface area contributed by atoms with Crippen molar-refractivity contribution in [2.45, 2.75) is 316 Å². The van der Waals surface area contributed by atoms with Crippen molar-refractivity contribution in [3.05, 3.63) is 72.9 Å². The molecule has 0 amide bonds. The average molecular weight is 1010 g/mol. The van der Waals surface area contributed by atoms with Gasteiger partial charge in [-0.1, -0.05) is 273 Å². The Bertz CT molecular complexity index is 1340. The van der Waals surface area contributed by atoms with Gasteiger partial charge in [-0.3, -0.25) is 14.4 Å². The quantitative estimate of drug-likeness (QED) is 0.0261. The fraction of sp³-hybridized carbons (Fsp3) is 0.773. The number of hydrogen-bond acceptors (Lipinski definition) is 6. The fourth-order valence-corrected chi connectivity index (χ4v) is 8.82. The summed E-state index contributed by atoms with van der Waals surface area (Å²) in [5.41, 5.74) is 0. The zero-order chi connectivity index (χ0) is 52.2. The van der Waals surface area contributed by atoms with Gasteiger partial charge >= 0.3 is 17.9 Å². The van der Waals surface area contributed by atoms with E-state index < -0.39 is 6.10 Å². The summed E-state index contributed by atoms with van der Waals surface area (Å²) in [7, 11) is 0. The lowest BCUT2D eigenvalue weighted by Gasteiger charge is -2.18. The third-order valence-electron chi connectivity index (χ3n) is 13.4. The number of hydrogen-bond donors (Lipinski definition) is 0. The molecule has 1 unspecified atom stereocenters. The van der Waals surface area contributed by atoms with Crippen molar-refractivity contribution in [1.29, 1.82) is 0 Å². The van der Waals surface area contributed by atoms with Crippen molar-refractivity contribution in [3.8, 4) is 0 Å². The van der Waals surface area contributed by atoms with Crippen LogP contribution in [0.3, 0.4) is 0 Å². The molecule has 0 spiro atoms. The topological polar surface area (TPSA) is 78.9 Å². The summed E-state index contributed by atoms with van der Waals surface area (Å²) in [6, 6.07) is 0. The molecule has 0 rings (SSSR count). The molecule has 0 saturated carbocycles. The molecular weight excluding hydrogens is 889 g/mol. The first kappa shape index (κ1) is 68.8. The van der Waals surface area contributed by atoms with Crippen molar-refractivity contribution in [2.75, 3.05) is 13.2 Å². The second-order valence-electron chi connectivity index (χ2n) is 20.6. The van der Waals surface area contributed by atoms with Crippen LogP contribution < -0.4 is 0 Å². The minimum absolute atomic E-state index is 0.0772. The van der Waals surface area contributed by atoms with Crippen LogP contribution in [0.4, 0.5) is 0 Å². The molecule has 0 aromatic rings. The highest BCUT2D eigenvalue weighted by Gasteiger charge is 2.19. The lowest BCUT2D eigenvalue weighted by Crippen LogP contribution is -2.30. The molecule has 1 atom stereocenters. The first-order valence-electron chi connectivity index (χ1n) is 30.9. The van der Waals surface area contributed by atoms with Crippen molar-refractivity contribution >= 4 is 17.9 Å². The van der Waals surface area contributed by atoms with Crippen molar-refractivity contribution in [3.63, 3.8) is 0 Å². The van der Waals surface area contributed by atoms with Crippen LogP contribution in [0.2, 0.25) is 0 Å². The molecule has 0 fully saturated rings. The Kier molecular flexibility index (Phi) is 57.8. The molecule has 0 radical (unpaired) electrons. The molecule has 6 nitrogen and oxygen atoms in total. The molecular formula is C66H116O6. The molecule has 0 bridgehead atoms. The van der Waals surface area contributed by atoms with E-state index in [1.807, 2.05) is 0 Å². The molecule has 0 heterocycles. The van der Waals surface area contributed by atoms with Crippen LogP contribution in [0.15, 0.2) is 72.9 Å². The Morgan fingerprint density at radius 2 is 0.542 bits per heavy atom. The van der Waals surface area contributed by atoms with E-state index in [1.54, 1.807) is 0 Å². The summed E-state index contributed by atoms with van der Waals surface area (Å²) >= 11 is 0. The number of esters is 3. The highest BCUT2D eigenvalue weighted by atomic mass is 16.6. The fourth-order valence-electron chi connectivity index (χ4n) is 8.82. The zero-order valence-electron chi connectivity index (χ0n) is 47.7. The van der Waals surface area contributed by atoms with Gasteiger partial charge in [0.05, 0.1) is 0 Å². The first-order valence-corrected chi connectivity index (χ1v) is 30.9. The molecule has 0 aromatic carbocycles. The van der Waals surface area contributed by atoms with Gasteiger partial charge < -0.3 is 14.2 Å². The molecule has 0 aliphatic heterocycles. The summed E-state index contributed by atoms with van der Waals surface area (Å²) in [4.78, 5) is 38.1. The first-order chi connectivity index (χ1) is 35.5. The molecule has 0 aliphatic rings. The zero-order valence-corrected chi connectivity index (χ0v) is 47.7. The van der Waals surface area contributed by atoms with Gasteiger partial charge in [0.25, 0.3) is 0 Å². The van der Waals surface area contributed by atoms with Crippen LogP contribution in [0, 0.1) is 0 Å². The highest BCUT2D eigenvalue weighted by molar-refractivity contribution is 5.71. The lowest BCUT2D eigenvalue weighted by atomic mass is 10.0. The number of carbonyl (C=O) groups excluding carboxylic acids is 3. The maximum absolute atomic E-state index is 12.8. The van der Waals surface area contributed by atoms with Gasteiger partial charge in [0.15, 0.2) is 6.10 Å². The van der Waals surface area contributed by atoms with Crippen LogP contribution in [0.5, 0.6) is 0 Å². The summed E-state index contributed by atoms with van der Waals surface area (Å²) in [6.07, 6.45) is 77.8. The molecule has 72 heavy (non-hydrogen) atoms. The number of allylic oxidation sites excluding steroid dienone is 12. The minimum atomic E-state index is -0.778. The number of rotatable bonds is 56. The summed E-state index contributed by atoms with van der Waals surface area (Å²) in [5, 5.41) is 0. The molecule has 6 heteroatoms. The van der Waals surface area contributed by atoms with E-state index in [0.717, 1.165) is 96.3 Å². The molecule has 416 valence electrons. The van der Waals surface area contributed by atoms with Gasteiger partial charge in [-0.15, -0.1) is 0 Å². The van der Waals surface area contributed by atoms with Gasteiger partial charge in [-0.25, -0.2) is 0 Å². The van der Waals surface area contributed by atoms with E-state index >= 15 is 0 Å².